The number of hydrogen-bond acceptors (Lipinski definition) is 10. The molecule has 3 aliphatic rings. The van der Waals surface area contributed by atoms with Gasteiger partial charge >= 0.3 is 0 Å². The average Bonchev–Trinajstić information content (AvgIpc) is 2.95. The van der Waals surface area contributed by atoms with E-state index in [-0.39, 0.29) is 16.8 Å². The molecular formula is C34H38N2O9. The summed E-state index contributed by atoms with van der Waals surface area (Å²) < 4.78 is 0. The highest BCUT2D eigenvalue weighted by molar-refractivity contribution is 6.25. The Hall–Kier alpha value is -4.29. The molecule has 0 heterocycles. The maximum atomic E-state index is 14.3. The van der Waals surface area contributed by atoms with Crippen LogP contribution in [0.2, 0.25) is 0 Å². The molecule has 0 unspecified atom stereocenters. The standard InChI is InChI=1S/C34H38N2O9/c1-15-11-13-17(14-12-15)32(3,4)16(2)35-31(43)22-27(39)25(36(6)7)24-28(40)23-21(29(41)34(24,45)30(22)42)26(38)20-18(33(23,5)44)9-8-10-19(20)37/h8-14,23-25,28,37-38,40,42,44-45H,2H2,1,3-7H3,(H,35,43)/t23-,24-,25+,28+,33-,34+/m1/s1. The molecule has 0 saturated heterocycles. The highest BCUT2D eigenvalue weighted by atomic mass is 16.4. The molecule has 2 aromatic rings. The Balaban J connectivity index is 1.66. The Labute approximate surface area is 260 Å². The van der Waals surface area contributed by atoms with Gasteiger partial charge in [0, 0.05) is 11.1 Å². The lowest BCUT2D eigenvalue weighted by molar-refractivity contribution is -0.181. The first kappa shape index (κ1) is 32.1. The predicted molar refractivity (Wildman–Crippen MR) is 164 cm³/mol. The molecule has 11 heteroatoms. The first-order chi connectivity index (χ1) is 20.8. The first-order valence-electron chi connectivity index (χ1n) is 14.5. The smallest absolute Gasteiger partial charge is 0.262 e. The van der Waals surface area contributed by atoms with Crippen LogP contribution in [0, 0.1) is 18.8 Å². The summed E-state index contributed by atoms with van der Waals surface area (Å²) in [7, 11) is 2.87. The molecular weight excluding hydrogens is 580 g/mol. The van der Waals surface area contributed by atoms with Crippen LogP contribution in [0.15, 0.2) is 71.6 Å². The minimum atomic E-state index is -3.08. The zero-order chi connectivity index (χ0) is 33.5. The Bertz CT molecular complexity index is 1720. The second kappa shape index (κ2) is 10.4. The molecule has 0 aromatic heterocycles. The van der Waals surface area contributed by atoms with Crippen molar-refractivity contribution in [3.63, 3.8) is 0 Å². The number of phenolic OH excluding ortho intramolecular Hbond substituents is 1. The molecule has 2 aromatic carbocycles. The predicted octanol–water partition coefficient (Wildman–Crippen LogP) is 2.03. The number of ketones is 2. The zero-order valence-corrected chi connectivity index (χ0v) is 25.9. The Morgan fingerprint density at radius 3 is 2.20 bits per heavy atom. The lowest BCUT2D eigenvalue weighted by Gasteiger charge is -2.55. The van der Waals surface area contributed by atoms with Crippen molar-refractivity contribution in [3.05, 3.63) is 93.9 Å². The average molecular weight is 619 g/mol. The van der Waals surface area contributed by atoms with Gasteiger partial charge in [-0.2, -0.15) is 0 Å². The number of aliphatic hydroxyl groups is 5. The van der Waals surface area contributed by atoms with E-state index >= 15 is 0 Å². The quantitative estimate of drug-likeness (QED) is 0.244. The molecule has 0 spiro atoms. The third-order valence-corrected chi connectivity index (χ3v) is 9.81. The normalized spacial score (nSPS) is 29.7. The monoisotopic (exact) mass is 618 g/mol. The number of benzene rings is 2. The van der Waals surface area contributed by atoms with Gasteiger partial charge < -0.3 is 36.0 Å². The van der Waals surface area contributed by atoms with Gasteiger partial charge in [-0.05, 0) is 45.1 Å². The van der Waals surface area contributed by atoms with E-state index in [0.29, 0.717) is 0 Å². The lowest BCUT2D eigenvalue weighted by Crippen LogP contribution is -2.71. The van der Waals surface area contributed by atoms with Gasteiger partial charge in [0.1, 0.15) is 22.8 Å². The van der Waals surface area contributed by atoms with Gasteiger partial charge in [0.15, 0.2) is 11.4 Å². The summed E-state index contributed by atoms with van der Waals surface area (Å²) in [5.74, 6) is -9.42. The number of rotatable bonds is 5. The number of aryl methyl sites for hydroxylation is 1. The number of likely N-dealkylation sites (N-methyl/N-ethyl adjacent to an activating group) is 1. The number of nitrogens with one attached hydrogen (secondary N) is 1. The van der Waals surface area contributed by atoms with Gasteiger partial charge in [0.2, 0.25) is 5.78 Å². The summed E-state index contributed by atoms with van der Waals surface area (Å²) in [6.07, 6.45) is -1.91. The van der Waals surface area contributed by atoms with Gasteiger partial charge in [-0.1, -0.05) is 62.4 Å². The fraction of sp³-hybridized carbons (Fsp3) is 0.382. The van der Waals surface area contributed by atoms with Gasteiger partial charge in [0.25, 0.3) is 5.91 Å². The number of carbonyl (C=O) groups excluding carboxylic acids is 3. The van der Waals surface area contributed by atoms with Crippen LogP contribution in [0.3, 0.4) is 0 Å². The van der Waals surface area contributed by atoms with Crippen molar-refractivity contribution in [2.45, 2.75) is 56.5 Å². The van der Waals surface area contributed by atoms with Gasteiger partial charge in [-0.25, -0.2) is 0 Å². The molecule has 1 fully saturated rings. The third-order valence-electron chi connectivity index (χ3n) is 9.81. The molecule has 0 bridgehead atoms. The first-order valence-corrected chi connectivity index (χ1v) is 14.5. The van der Waals surface area contributed by atoms with E-state index in [0.717, 1.165) is 11.1 Å². The Kier molecular flexibility index (Phi) is 7.41. The van der Waals surface area contributed by atoms with Crippen molar-refractivity contribution in [1.82, 2.24) is 10.2 Å². The van der Waals surface area contributed by atoms with Gasteiger partial charge in [-0.15, -0.1) is 0 Å². The summed E-state index contributed by atoms with van der Waals surface area (Å²) >= 11 is 0. The number of hydrogen-bond donors (Lipinski definition) is 7. The van der Waals surface area contributed by atoms with E-state index in [1.54, 1.807) is 13.8 Å². The molecule has 3 aliphatic carbocycles. The Morgan fingerprint density at radius 2 is 1.62 bits per heavy atom. The minimum Gasteiger partial charge on any atom is -0.508 e. The third kappa shape index (κ3) is 4.37. The minimum absolute atomic E-state index is 0.00381. The van der Waals surface area contributed by atoms with Crippen LogP contribution in [0.5, 0.6) is 5.75 Å². The number of Topliss-reactive ketones (excluding diaryl/α,β-unsaturated/α-hetero) is 2. The maximum Gasteiger partial charge on any atom is 0.262 e. The van der Waals surface area contributed by atoms with Crippen molar-refractivity contribution >= 4 is 23.2 Å². The van der Waals surface area contributed by atoms with Crippen molar-refractivity contribution in [1.29, 1.82) is 0 Å². The number of allylic oxidation sites excluding steroid dienone is 1. The number of aromatic hydroxyl groups is 1. The van der Waals surface area contributed by atoms with E-state index in [1.807, 2.05) is 31.2 Å². The largest absolute Gasteiger partial charge is 0.508 e. The number of phenols is 1. The van der Waals surface area contributed by atoms with Crippen molar-refractivity contribution < 1.29 is 45.0 Å². The van der Waals surface area contributed by atoms with Crippen LogP contribution in [-0.4, -0.2) is 84.9 Å². The summed E-state index contributed by atoms with van der Waals surface area (Å²) in [6.45, 7) is 10.8. The molecule has 5 rings (SSSR count). The fourth-order valence-corrected chi connectivity index (χ4v) is 7.08. The van der Waals surface area contributed by atoms with E-state index in [9.17, 15) is 45.0 Å². The van der Waals surface area contributed by atoms with Crippen LogP contribution in [-0.2, 0) is 25.4 Å². The molecule has 6 atom stereocenters. The number of fused-ring (bicyclic) bond motifs is 3. The van der Waals surface area contributed by atoms with Gasteiger partial charge in [-0.3, -0.25) is 19.3 Å². The molecule has 7 N–H and O–H groups in total. The molecule has 11 nitrogen and oxygen atoms in total. The molecule has 45 heavy (non-hydrogen) atoms. The SMILES string of the molecule is C=C(NC(=O)C1=C(O)[C@@]2(O)C(=O)C3=C(O)c4c(O)cccc4[C@@](C)(O)[C@H]3[C@H](O)[C@H]2[C@H](N(C)C)C1=O)C(C)(C)c1ccc(C)cc1. The van der Waals surface area contributed by atoms with Crippen molar-refractivity contribution in [3.8, 4) is 5.75 Å². The molecule has 0 radical (unpaired) electrons. The fourth-order valence-electron chi connectivity index (χ4n) is 7.08. The topological polar surface area (TPSA) is 188 Å². The van der Waals surface area contributed by atoms with Crippen LogP contribution in [0.25, 0.3) is 5.76 Å². The van der Waals surface area contributed by atoms with E-state index in [1.165, 1.54) is 44.1 Å². The molecule has 238 valence electrons. The van der Waals surface area contributed by atoms with Crippen LogP contribution < -0.4 is 5.32 Å². The zero-order valence-electron chi connectivity index (χ0n) is 25.9. The van der Waals surface area contributed by atoms with Crippen molar-refractivity contribution in [2.24, 2.45) is 11.8 Å². The van der Waals surface area contributed by atoms with Crippen molar-refractivity contribution in [2.75, 3.05) is 14.1 Å². The number of aliphatic hydroxyl groups excluding tert-OH is 3. The molecule has 1 saturated carbocycles. The summed E-state index contributed by atoms with van der Waals surface area (Å²) in [4.78, 5) is 43.3. The number of amides is 1. The summed E-state index contributed by atoms with van der Waals surface area (Å²) in [5, 5.41) is 71.5. The summed E-state index contributed by atoms with van der Waals surface area (Å²) in [6, 6.07) is 10.0. The second-order valence-corrected chi connectivity index (χ2v) is 13.1. The van der Waals surface area contributed by atoms with E-state index < -0.39 is 86.5 Å². The van der Waals surface area contributed by atoms with Crippen LogP contribution in [0.1, 0.15) is 43.0 Å². The second-order valence-electron chi connectivity index (χ2n) is 13.1. The van der Waals surface area contributed by atoms with Gasteiger partial charge in [0.05, 0.1) is 40.7 Å². The number of carbonyl (C=O) groups is 3. The highest BCUT2D eigenvalue weighted by Gasteiger charge is 2.70. The van der Waals surface area contributed by atoms with Crippen LogP contribution >= 0.6 is 0 Å². The molecule has 0 aliphatic heterocycles. The maximum absolute atomic E-state index is 14.3. The van der Waals surface area contributed by atoms with E-state index in [4.69, 9.17) is 0 Å². The lowest BCUT2D eigenvalue weighted by atomic mass is 9.53. The van der Waals surface area contributed by atoms with Crippen LogP contribution in [0.4, 0.5) is 0 Å². The van der Waals surface area contributed by atoms with E-state index in [2.05, 4.69) is 11.9 Å². The highest BCUT2D eigenvalue weighted by Crippen LogP contribution is 2.57. The number of nitrogens with zero attached hydrogens (tertiary/aromatic N) is 1. The summed E-state index contributed by atoms with van der Waals surface area (Å²) in [5.41, 5.74) is -5.90. The Morgan fingerprint density at radius 1 is 1.02 bits per heavy atom. The molecule has 1 amide bonds.